The van der Waals surface area contributed by atoms with Crippen LogP contribution >= 0.6 is 0 Å². The Labute approximate surface area is 170 Å². The molecule has 6 rings (SSSR count). The standard InChI is InChI=1S/C24H23N5/c1-2-21(23-14-26-16-29(23)20-7-8-20)27-24(3-1)28-15-19(17-10-12-25-13-11-17)6-9-22(28)18-4-5-18/h1-3,6,9-14,16,18,20H,4-5,7-8,15H2. The fourth-order valence-corrected chi connectivity index (χ4v) is 4.16. The first-order chi connectivity index (χ1) is 14.4. The molecule has 0 amide bonds. The van der Waals surface area contributed by atoms with E-state index in [0.29, 0.717) is 12.0 Å². The summed E-state index contributed by atoms with van der Waals surface area (Å²) in [5.74, 6) is 1.68. The van der Waals surface area contributed by atoms with Gasteiger partial charge in [0.15, 0.2) is 0 Å². The molecule has 3 aromatic heterocycles. The number of hydrogen-bond acceptors (Lipinski definition) is 4. The van der Waals surface area contributed by atoms with Gasteiger partial charge in [0, 0.05) is 30.7 Å². The minimum absolute atomic E-state index is 0.594. The third-order valence-electron chi connectivity index (χ3n) is 6.02. The molecule has 3 aromatic rings. The predicted octanol–water partition coefficient (Wildman–Crippen LogP) is 4.87. The van der Waals surface area contributed by atoms with Gasteiger partial charge in [0.05, 0.1) is 23.9 Å². The van der Waals surface area contributed by atoms with Gasteiger partial charge in [-0.3, -0.25) is 4.98 Å². The summed E-state index contributed by atoms with van der Waals surface area (Å²) in [6.07, 6.45) is 17.2. The van der Waals surface area contributed by atoms with Crippen molar-refractivity contribution in [1.29, 1.82) is 0 Å². The molecule has 1 aliphatic heterocycles. The zero-order valence-electron chi connectivity index (χ0n) is 16.3. The van der Waals surface area contributed by atoms with E-state index in [2.05, 4.69) is 61.9 Å². The molecule has 4 heterocycles. The molecule has 0 bridgehead atoms. The van der Waals surface area contributed by atoms with Crippen LogP contribution in [0.25, 0.3) is 17.0 Å². The summed E-state index contributed by atoms with van der Waals surface area (Å²) in [4.78, 5) is 16.0. The largest absolute Gasteiger partial charge is 0.326 e. The maximum Gasteiger partial charge on any atom is 0.133 e. The molecule has 5 heteroatoms. The van der Waals surface area contributed by atoms with Gasteiger partial charge in [0.25, 0.3) is 0 Å². The van der Waals surface area contributed by atoms with Gasteiger partial charge in [-0.25, -0.2) is 9.97 Å². The second-order valence-electron chi connectivity index (χ2n) is 8.18. The molecule has 0 spiro atoms. The third kappa shape index (κ3) is 3.16. The number of nitrogens with zero attached hydrogens (tertiary/aromatic N) is 5. The van der Waals surface area contributed by atoms with Crippen LogP contribution in [0.5, 0.6) is 0 Å². The minimum atomic E-state index is 0.594. The average molecular weight is 381 g/mol. The molecule has 3 aliphatic rings. The van der Waals surface area contributed by atoms with Crippen LogP contribution in [0, 0.1) is 5.92 Å². The average Bonchev–Trinajstić information content (AvgIpc) is 3.73. The number of allylic oxidation sites excluding steroid dienone is 3. The summed E-state index contributed by atoms with van der Waals surface area (Å²) >= 11 is 0. The van der Waals surface area contributed by atoms with E-state index in [1.807, 2.05) is 24.9 Å². The van der Waals surface area contributed by atoms with E-state index < -0.39 is 0 Å². The first-order valence-electron chi connectivity index (χ1n) is 10.4. The Bertz CT molecular complexity index is 1100. The molecule has 29 heavy (non-hydrogen) atoms. The van der Waals surface area contributed by atoms with Crippen molar-refractivity contribution in [2.24, 2.45) is 5.92 Å². The van der Waals surface area contributed by atoms with Crippen LogP contribution < -0.4 is 4.90 Å². The summed E-state index contributed by atoms with van der Waals surface area (Å²) in [5, 5.41) is 0. The van der Waals surface area contributed by atoms with E-state index in [9.17, 15) is 0 Å². The van der Waals surface area contributed by atoms with Crippen LogP contribution in [-0.4, -0.2) is 26.1 Å². The number of imidazole rings is 1. The highest BCUT2D eigenvalue weighted by atomic mass is 15.2. The van der Waals surface area contributed by atoms with E-state index in [0.717, 1.165) is 23.8 Å². The molecule has 0 N–H and O–H groups in total. The van der Waals surface area contributed by atoms with Crippen molar-refractivity contribution in [3.63, 3.8) is 0 Å². The van der Waals surface area contributed by atoms with Crippen molar-refractivity contribution < 1.29 is 0 Å². The maximum atomic E-state index is 5.08. The van der Waals surface area contributed by atoms with Crippen LogP contribution in [0.4, 0.5) is 5.82 Å². The first-order valence-corrected chi connectivity index (χ1v) is 10.4. The second kappa shape index (κ2) is 6.69. The first kappa shape index (κ1) is 16.7. The van der Waals surface area contributed by atoms with E-state index >= 15 is 0 Å². The Kier molecular flexibility index (Phi) is 3.86. The highest BCUT2D eigenvalue weighted by Gasteiger charge is 2.33. The van der Waals surface area contributed by atoms with Gasteiger partial charge in [-0.1, -0.05) is 12.1 Å². The highest BCUT2D eigenvalue weighted by molar-refractivity contribution is 5.75. The minimum Gasteiger partial charge on any atom is -0.326 e. The molecule has 5 nitrogen and oxygen atoms in total. The van der Waals surface area contributed by atoms with E-state index in [4.69, 9.17) is 4.98 Å². The SMILES string of the molecule is C1=C(c2ccncc2)CN(c2cccc(-c3cncn3C3CC3)n2)C(C2CC2)=C1. The monoisotopic (exact) mass is 381 g/mol. The lowest BCUT2D eigenvalue weighted by Gasteiger charge is -2.31. The lowest BCUT2D eigenvalue weighted by Crippen LogP contribution is -2.28. The molecule has 2 fully saturated rings. The van der Waals surface area contributed by atoms with Gasteiger partial charge in [-0.15, -0.1) is 0 Å². The Balaban J connectivity index is 1.37. The van der Waals surface area contributed by atoms with Crippen molar-refractivity contribution in [3.05, 3.63) is 78.7 Å². The summed E-state index contributed by atoms with van der Waals surface area (Å²) in [7, 11) is 0. The molecular formula is C24H23N5. The van der Waals surface area contributed by atoms with Gasteiger partial charge >= 0.3 is 0 Å². The van der Waals surface area contributed by atoms with Gasteiger partial charge in [0.2, 0.25) is 0 Å². The highest BCUT2D eigenvalue weighted by Crippen LogP contribution is 2.42. The van der Waals surface area contributed by atoms with Crippen molar-refractivity contribution in [1.82, 2.24) is 19.5 Å². The number of anilines is 1. The normalized spacial score (nSPS) is 19.1. The molecule has 144 valence electrons. The molecule has 2 saturated carbocycles. The molecule has 0 saturated heterocycles. The smallest absolute Gasteiger partial charge is 0.133 e. The third-order valence-corrected chi connectivity index (χ3v) is 6.02. The fourth-order valence-electron chi connectivity index (χ4n) is 4.16. The van der Waals surface area contributed by atoms with E-state index in [1.165, 1.54) is 42.5 Å². The summed E-state index contributed by atoms with van der Waals surface area (Å²) in [6.45, 7) is 0.838. The van der Waals surface area contributed by atoms with E-state index in [-0.39, 0.29) is 0 Å². The van der Waals surface area contributed by atoms with Gasteiger partial charge in [-0.05, 0) is 73.1 Å². The van der Waals surface area contributed by atoms with Crippen LogP contribution in [0.15, 0.2) is 73.1 Å². The van der Waals surface area contributed by atoms with Crippen molar-refractivity contribution in [2.45, 2.75) is 31.7 Å². The Morgan fingerprint density at radius 2 is 1.76 bits per heavy atom. The Morgan fingerprint density at radius 3 is 2.55 bits per heavy atom. The zero-order valence-corrected chi connectivity index (χ0v) is 16.3. The van der Waals surface area contributed by atoms with Crippen molar-refractivity contribution >= 4 is 11.4 Å². The number of rotatable bonds is 5. The topological polar surface area (TPSA) is 46.8 Å². The Morgan fingerprint density at radius 1 is 0.897 bits per heavy atom. The van der Waals surface area contributed by atoms with Crippen LogP contribution in [0.3, 0.4) is 0 Å². The van der Waals surface area contributed by atoms with Crippen LogP contribution in [0.1, 0.15) is 37.3 Å². The Hall–Kier alpha value is -3.21. The molecule has 0 unspecified atom stereocenters. The van der Waals surface area contributed by atoms with Crippen LogP contribution in [-0.2, 0) is 0 Å². The number of hydrogen-bond donors (Lipinski definition) is 0. The number of pyridine rings is 2. The lowest BCUT2D eigenvalue weighted by molar-refractivity contribution is 0.745. The molecule has 0 radical (unpaired) electrons. The zero-order chi connectivity index (χ0) is 19.2. The number of aromatic nitrogens is 4. The summed E-state index contributed by atoms with van der Waals surface area (Å²) in [6, 6.07) is 11.1. The van der Waals surface area contributed by atoms with E-state index in [1.54, 1.807) is 0 Å². The van der Waals surface area contributed by atoms with Crippen LogP contribution in [0.2, 0.25) is 0 Å². The molecule has 2 aliphatic carbocycles. The fraction of sp³-hybridized carbons (Fsp3) is 0.292. The lowest BCUT2D eigenvalue weighted by atomic mass is 10.0. The molecule has 0 aromatic carbocycles. The molecule has 0 atom stereocenters. The summed E-state index contributed by atoms with van der Waals surface area (Å²) < 4.78 is 2.28. The maximum absolute atomic E-state index is 5.08. The van der Waals surface area contributed by atoms with Gasteiger partial charge < -0.3 is 9.47 Å². The van der Waals surface area contributed by atoms with Gasteiger partial charge in [-0.2, -0.15) is 0 Å². The van der Waals surface area contributed by atoms with Crippen molar-refractivity contribution in [3.8, 4) is 11.4 Å². The molecular weight excluding hydrogens is 358 g/mol. The summed E-state index contributed by atoms with van der Waals surface area (Å²) in [5.41, 5.74) is 6.03. The predicted molar refractivity (Wildman–Crippen MR) is 114 cm³/mol. The quantitative estimate of drug-likeness (QED) is 0.632. The van der Waals surface area contributed by atoms with Crippen molar-refractivity contribution in [2.75, 3.05) is 11.4 Å². The second-order valence-corrected chi connectivity index (χ2v) is 8.18. The van der Waals surface area contributed by atoms with Gasteiger partial charge in [0.1, 0.15) is 5.82 Å².